The van der Waals surface area contributed by atoms with Gasteiger partial charge in [-0.25, -0.2) is 0 Å². The molecule has 5 nitrogen and oxygen atoms in total. The van der Waals surface area contributed by atoms with E-state index in [2.05, 4.69) is 47.8 Å². The third-order valence-electron chi connectivity index (χ3n) is 11.2. The zero-order chi connectivity index (χ0) is 43.2. The van der Waals surface area contributed by atoms with Gasteiger partial charge in [0.2, 0.25) is 5.71 Å². The number of aliphatic hydroxyl groups excluding tert-OH is 1. The Hall–Kier alpha value is -3.64. The van der Waals surface area contributed by atoms with E-state index in [0.717, 1.165) is 52.6 Å². The molecule has 0 amide bonds. The largest absolute Gasteiger partial charge is 0.512 e. The summed E-state index contributed by atoms with van der Waals surface area (Å²) in [6.07, 6.45) is 3.27. The molecule has 0 aliphatic rings. The van der Waals surface area contributed by atoms with Crippen molar-refractivity contribution in [2.75, 3.05) is 0 Å². The molecule has 0 atom stereocenters. The van der Waals surface area contributed by atoms with Crippen LogP contribution in [0.1, 0.15) is 99.3 Å². The van der Waals surface area contributed by atoms with Crippen LogP contribution in [-0.2, 0) is 31.3 Å². The second-order valence-corrected chi connectivity index (χ2v) is 21.2. The van der Waals surface area contributed by atoms with Gasteiger partial charge in [0.1, 0.15) is 17.2 Å². The van der Waals surface area contributed by atoms with Crippen LogP contribution in [0.15, 0.2) is 76.9 Å². The number of nitrogens with zero attached hydrogens (tertiary/aromatic N) is 2. The molecular weight excluding hydrogens is 861 g/mol. The molecule has 2 heterocycles. The molecule has 6 aromatic rings. The molecule has 0 fully saturated rings. The Labute approximate surface area is 344 Å². The molecule has 1 N–H and O–H groups in total. The molecule has 0 bridgehead atoms. The van der Waals surface area contributed by atoms with Crippen LogP contribution >= 0.6 is 0 Å². The van der Waals surface area contributed by atoms with E-state index in [0.29, 0.717) is 27.8 Å². The van der Waals surface area contributed by atoms with Crippen molar-refractivity contribution in [1.29, 1.82) is 0 Å². The van der Waals surface area contributed by atoms with E-state index < -0.39 is 21.3 Å². The van der Waals surface area contributed by atoms with E-state index in [4.69, 9.17) is 11.3 Å². The van der Waals surface area contributed by atoms with Gasteiger partial charge in [-0.2, -0.15) is 4.98 Å². The van der Waals surface area contributed by atoms with E-state index >= 15 is 0 Å². The van der Waals surface area contributed by atoms with E-state index in [-0.39, 0.29) is 59.9 Å². The molecule has 289 valence electrons. The molecule has 4 aromatic carbocycles. The molecule has 0 unspecified atom stereocenters. The number of aromatic nitrogens is 2. The van der Waals surface area contributed by atoms with Gasteiger partial charge in [0, 0.05) is 65.7 Å². The van der Waals surface area contributed by atoms with Crippen molar-refractivity contribution in [1.82, 2.24) is 9.97 Å². The molecule has 0 aliphatic carbocycles. The van der Waals surface area contributed by atoms with Crippen LogP contribution in [-0.4, -0.2) is 28.9 Å². The minimum atomic E-state index is -2.53. The van der Waals surface area contributed by atoms with Crippen LogP contribution in [0.5, 0.6) is 0 Å². The predicted molar refractivity (Wildman–Crippen MR) is 228 cm³/mol. The zero-order valence-electron chi connectivity index (χ0n) is 38.7. The third-order valence-corrected chi connectivity index (χ3v) is 13.2. The van der Waals surface area contributed by atoms with Gasteiger partial charge in [-0.1, -0.05) is 135 Å². The fourth-order valence-corrected chi connectivity index (χ4v) is 8.34. The van der Waals surface area contributed by atoms with Crippen molar-refractivity contribution >= 4 is 62.7 Å². The van der Waals surface area contributed by atoms with Gasteiger partial charge in [-0.15, -0.1) is 28.8 Å². The standard InChI is InChI=1S/C32H31N2OSi.C15H28O2.Ir/c1-19(2)15-21-11-13-26-23(16-21)12-14-27-29-30(33-20(3)34-32(29)35-31(26)27)24-17-22-9-7-8-10-25(22)28(18-24)36(4,5)6;1-7-14(5,8-2)12(16)11-13(17)15(6,9-3)10-4;/h7-14,16,18-19H,15H2,1-6H3;11,16H,7-10H2,1-6H3;/q-1;;/b;12-11-;/i3D3,15D2;;. The van der Waals surface area contributed by atoms with Gasteiger partial charge in [-0.3, -0.25) is 9.78 Å². The molecular formula is C47H59IrN2O3Si-. The van der Waals surface area contributed by atoms with Crippen molar-refractivity contribution in [2.24, 2.45) is 16.7 Å². The number of ketones is 1. The van der Waals surface area contributed by atoms with E-state index in [1.54, 1.807) is 6.07 Å². The summed E-state index contributed by atoms with van der Waals surface area (Å²) >= 11 is 0. The molecule has 54 heavy (non-hydrogen) atoms. The van der Waals surface area contributed by atoms with Crippen molar-refractivity contribution in [2.45, 2.75) is 114 Å². The van der Waals surface area contributed by atoms with Gasteiger partial charge in [0.15, 0.2) is 5.78 Å². The molecule has 7 heteroatoms. The van der Waals surface area contributed by atoms with Gasteiger partial charge in [0.05, 0.1) is 8.07 Å². The Kier molecular flexibility index (Phi) is 11.4. The monoisotopic (exact) mass is 925 g/mol. The number of allylic oxidation sites excluding steroid dienone is 2. The molecule has 0 saturated heterocycles. The first kappa shape index (κ1) is 36.0. The molecule has 0 aliphatic heterocycles. The maximum atomic E-state index is 12.2. The second kappa shape index (κ2) is 17.0. The summed E-state index contributed by atoms with van der Waals surface area (Å²) < 4.78 is 47.7. The SMILES string of the molecule is CCC(C)(CC)C(=O)/C=C(\O)C(C)(CC)CC.[2H]C([2H])([2H])c1nc(-c2[c-]c3ccccc3c([Si](C)(C)C)c2)c2c(n1)oc1c3ccc(C([2H])([2H])C(C)C)cc3ccc12.[Ir]. The van der Waals surface area contributed by atoms with Crippen LogP contribution in [0, 0.1) is 29.7 Å². The first-order chi connectivity index (χ1) is 26.9. The van der Waals surface area contributed by atoms with Gasteiger partial charge < -0.3 is 9.52 Å². The maximum absolute atomic E-state index is 12.2. The molecule has 6 rings (SSSR count). The van der Waals surface area contributed by atoms with Crippen LogP contribution in [0.25, 0.3) is 54.9 Å². The van der Waals surface area contributed by atoms with Crippen LogP contribution in [0.3, 0.4) is 0 Å². The Morgan fingerprint density at radius 1 is 0.926 bits per heavy atom. The number of aryl methyl sites for hydroxylation is 1. The fourth-order valence-electron chi connectivity index (χ4n) is 6.74. The average molecular weight is 925 g/mol. The van der Waals surface area contributed by atoms with Crippen molar-refractivity contribution < 1.29 is 41.3 Å². The Balaban J connectivity index is 0.000000364. The Morgan fingerprint density at radius 2 is 1.57 bits per heavy atom. The van der Waals surface area contributed by atoms with E-state index in [1.165, 1.54) is 11.3 Å². The number of benzene rings is 4. The fraction of sp³-hybridized carbons (Fsp3) is 0.426. The average Bonchev–Trinajstić information content (AvgIpc) is 3.57. The molecule has 0 saturated carbocycles. The van der Waals surface area contributed by atoms with Crippen LogP contribution in [0.2, 0.25) is 19.6 Å². The summed E-state index contributed by atoms with van der Waals surface area (Å²) in [7, 11) is -1.81. The minimum Gasteiger partial charge on any atom is -0.512 e. The topological polar surface area (TPSA) is 76.2 Å². The summed E-state index contributed by atoms with van der Waals surface area (Å²) in [5.74, 6) is -0.175. The van der Waals surface area contributed by atoms with Gasteiger partial charge >= 0.3 is 0 Å². The smallest absolute Gasteiger partial charge is 0.223 e. The zero-order valence-corrected chi connectivity index (χ0v) is 37.1. The molecule has 1 radical (unpaired) electrons. The van der Waals surface area contributed by atoms with Gasteiger partial charge in [0.25, 0.3) is 0 Å². The number of carbonyl (C=O) groups is 1. The third kappa shape index (κ3) is 8.75. The minimum absolute atomic E-state index is 0. The quantitative estimate of drug-likeness (QED) is 0.0606. The van der Waals surface area contributed by atoms with Gasteiger partial charge in [-0.05, 0) is 55.8 Å². The van der Waals surface area contributed by atoms with E-state index in [1.807, 2.05) is 97.9 Å². The Bertz CT molecular complexity index is 2510. The van der Waals surface area contributed by atoms with E-state index in [9.17, 15) is 9.90 Å². The predicted octanol–water partition coefficient (Wildman–Crippen LogP) is 12.8. The summed E-state index contributed by atoms with van der Waals surface area (Å²) in [5, 5.41) is 16.5. The number of carbonyl (C=O) groups excluding carboxylic acids is 1. The summed E-state index contributed by atoms with van der Waals surface area (Å²) in [5.41, 5.74) is 1.97. The maximum Gasteiger partial charge on any atom is 0.223 e. The Morgan fingerprint density at radius 3 is 2.19 bits per heavy atom. The number of hydrogen-bond acceptors (Lipinski definition) is 5. The first-order valence-corrected chi connectivity index (χ1v) is 22.5. The summed E-state index contributed by atoms with van der Waals surface area (Å²) in [6.45, 7) is 20.2. The number of hydrogen-bond donors (Lipinski definition) is 1. The van der Waals surface area contributed by atoms with Crippen LogP contribution in [0.4, 0.5) is 0 Å². The van der Waals surface area contributed by atoms with Crippen molar-refractivity contribution in [3.63, 3.8) is 0 Å². The number of rotatable bonds is 11. The number of aliphatic hydroxyl groups is 1. The van der Waals surface area contributed by atoms with Crippen LogP contribution < -0.4 is 5.19 Å². The van der Waals surface area contributed by atoms with Crippen molar-refractivity contribution in [3.8, 4) is 11.3 Å². The molecule has 2 aromatic heterocycles. The molecule has 0 spiro atoms. The first-order valence-electron chi connectivity index (χ1n) is 21.5. The summed E-state index contributed by atoms with van der Waals surface area (Å²) in [4.78, 5) is 21.2. The van der Waals surface area contributed by atoms with Crippen molar-refractivity contribution in [3.05, 3.63) is 90.0 Å². The summed E-state index contributed by atoms with van der Waals surface area (Å²) in [6, 6.07) is 23.2. The second-order valence-electron chi connectivity index (χ2n) is 16.2. The number of furan rings is 1. The normalized spacial score (nSPS) is 14.6. The number of fused-ring (bicyclic) bond motifs is 6.